The smallest absolute Gasteiger partial charge is 0.261 e. The van der Waals surface area contributed by atoms with Crippen LogP contribution < -0.4 is 5.43 Å². The molecular weight excluding hydrogens is 274 g/mol. The van der Waals surface area contributed by atoms with Gasteiger partial charge in [-0.1, -0.05) is 18.2 Å². The first-order chi connectivity index (χ1) is 9.47. The highest BCUT2D eigenvalue weighted by molar-refractivity contribution is 5.80. The van der Waals surface area contributed by atoms with E-state index in [2.05, 4.69) is 15.5 Å². The minimum absolute atomic E-state index is 0.130. The minimum atomic E-state index is -4.43. The first kappa shape index (κ1) is 14.0. The number of nitrogens with one attached hydrogen (secondary N) is 1. The number of nitrogens with zero attached hydrogens (tertiary/aromatic N) is 2. The van der Waals surface area contributed by atoms with Crippen LogP contribution in [0.1, 0.15) is 11.1 Å². The van der Waals surface area contributed by atoms with E-state index in [4.69, 9.17) is 0 Å². The summed E-state index contributed by atoms with van der Waals surface area (Å²) in [6.45, 7) is 0. The summed E-state index contributed by atoms with van der Waals surface area (Å²) in [5, 5.41) is 3.71. The van der Waals surface area contributed by atoms with Gasteiger partial charge in [0.25, 0.3) is 0 Å². The monoisotopic (exact) mass is 283 g/mol. The fourth-order valence-corrected chi connectivity index (χ4v) is 1.38. The third kappa shape index (κ3) is 3.53. The number of hydrazone groups is 1. The summed E-state index contributed by atoms with van der Waals surface area (Å²) in [5.74, 6) is -0.316. The lowest BCUT2D eigenvalue weighted by atomic mass is 10.2. The van der Waals surface area contributed by atoms with Gasteiger partial charge in [0, 0.05) is 11.8 Å². The Labute approximate surface area is 112 Å². The third-order valence-electron chi connectivity index (χ3n) is 2.38. The van der Waals surface area contributed by atoms with Gasteiger partial charge in [0.15, 0.2) is 0 Å². The van der Waals surface area contributed by atoms with E-state index in [9.17, 15) is 17.6 Å². The fraction of sp³-hybridized carbons (Fsp3) is 0.0769. The van der Waals surface area contributed by atoms with Gasteiger partial charge in [0.1, 0.15) is 11.6 Å². The van der Waals surface area contributed by atoms with Crippen LogP contribution in [-0.4, -0.2) is 11.2 Å². The minimum Gasteiger partial charge on any atom is -0.261 e. The van der Waals surface area contributed by atoms with E-state index in [0.29, 0.717) is 6.20 Å². The lowest BCUT2D eigenvalue weighted by Crippen LogP contribution is -2.05. The Morgan fingerprint density at radius 2 is 1.85 bits per heavy atom. The molecule has 1 aromatic carbocycles. The summed E-state index contributed by atoms with van der Waals surface area (Å²) in [5.41, 5.74) is 1.83. The number of benzene rings is 1. The molecule has 0 spiro atoms. The standard InChI is InChI=1S/C13H9F4N3/c14-11-4-2-1-3-9(11)7-19-20-12-6-5-10(8-18-12)13(15,16)17/h1-8H,(H,18,20). The molecule has 0 saturated carbocycles. The maximum atomic E-state index is 13.2. The molecule has 1 heterocycles. The van der Waals surface area contributed by atoms with Crippen LogP contribution in [0.15, 0.2) is 47.7 Å². The number of alkyl halides is 3. The summed E-state index contributed by atoms with van der Waals surface area (Å²) < 4.78 is 50.2. The van der Waals surface area contributed by atoms with Gasteiger partial charge >= 0.3 is 6.18 Å². The summed E-state index contributed by atoms with van der Waals surface area (Å²) >= 11 is 0. The second-order valence-electron chi connectivity index (χ2n) is 3.82. The highest BCUT2D eigenvalue weighted by Crippen LogP contribution is 2.28. The second-order valence-corrected chi connectivity index (χ2v) is 3.82. The zero-order chi connectivity index (χ0) is 14.6. The Hall–Kier alpha value is -2.44. The number of rotatable bonds is 3. The van der Waals surface area contributed by atoms with Crippen molar-refractivity contribution in [3.05, 3.63) is 59.5 Å². The van der Waals surface area contributed by atoms with Gasteiger partial charge in [-0.3, -0.25) is 5.43 Å². The molecule has 2 aromatic rings. The van der Waals surface area contributed by atoms with Crippen molar-refractivity contribution < 1.29 is 17.6 Å². The molecule has 20 heavy (non-hydrogen) atoms. The number of hydrogen-bond donors (Lipinski definition) is 1. The Balaban J connectivity index is 2.03. The average molecular weight is 283 g/mol. The molecule has 7 heteroatoms. The molecule has 0 bridgehead atoms. The maximum absolute atomic E-state index is 13.2. The predicted molar refractivity (Wildman–Crippen MR) is 66.9 cm³/mol. The molecule has 0 saturated heterocycles. The van der Waals surface area contributed by atoms with E-state index in [0.717, 1.165) is 12.1 Å². The third-order valence-corrected chi connectivity index (χ3v) is 2.38. The van der Waals surface area contributed by atoms with Gasteiger partial charge in [0.05, 0.1) is 11.8 Å². The maximum Gasteiger partial charge on any atom is 0.417 e. The van der Waals surface area contributed by atoms with E-state index in [1.165, 1.54) is 24.4 Å². The Bertz CT molecular complexity index is 606. The van der Waals surface area contributed by atoms with Crippen LogP contribution in [0.4, 0.5) is 23.4 Å². The van der Waals surface area contributed by atoms with Crippen molar-refractivity contribution in [1.29, 1.82) is 0 Å². The number of hydrogen-bond acceptors (Lipinski definition) is 3. The molecule has 2 rings (SSSR count). The number of anilines is 1. The van der Waals surface area contributed by atoms with Gasteiger partial charge in [-0.25, -0.2) is 9.37 Å². The number of aromatic nitrogens is 1. The van der Waals surface area contributed by atoms with Gasteiger partial charge in [-0.05, 0) is 18.2 Å². The lowest BCUT2D eigenvalue weighted by Gasteiger charge is -2.06. The Morgan fingerprint density at radius 3 is 2.45 bits per heavy atom. The molecule has 0 fully saturated rings. The summed E-state index contributed by atoms with van der Waals surface area (Å²) in [7, 11) is 0. The topological polar surface area (TPSA) is 37.3 Å². The zero-order valence-electron chi connectivity index (χ0n) is 10.0. The van der Waals surface area contributed by atoms with Crippen LogP contribution in [0.25, 0.3) is 0 Å². The van der Waals surface area contributed by atoms with Crippen LogP contribution in [0.5, 0.6) is 0 Å². The van der Waals surface area contributed by atoms with Gasteiger partial charge in [0.2, 0.25) is 0 Å². The van der Waals surface area contributed by atoms with Crippen molar-refractivity contribution in [2.75, 3.05) is 5.43 Å². The van der Waals surface area contributed by atoms with Crippen molar-refractivity contribution in [2.45, 2.75) is 6.18 Å². The van der Waals surface area contributed by atoms with Crippen LogP contribution in [0, 0.1) is 5.82 Å². The first-order valence-electron chi connectivity index (χ1n) is 5.53. The SMILES string of the molecule is Fc1ccccc1C=NNc1ccc(C(F)(F)F)cn1. The van der Waals surface area contributed by atoms with Gasteiger partial charge in [-0.2, -0.15) is 18.3 Å². The van der Waals surface area contributed by atoms with Crippen molar-refractivity contribution >= 4 is 12.0 Å². The van der Waals surface area contributed by atoms with Crippen LogP contribution >= 0.6 is 0 Å². The zero-order valence-corrected chi connectivity index (χ0v) is 10.0. The molecule has 0 radical (unpaired) electrons. The quantitative estimate of drug-likeness (QED) is 0.530. The number of halogens is 4. The van der Waals surface area contributed by atoms with Crippen LogP contribution in [0.3, 0.4) is 0 Å². The highest BCUT2D eigenvalue weighted by Gasteiger charge is 2.30. The van der Waals surface area contributed by atoms with E-state index < -0.39 is 17.6 Å². The average Bonchev–Trinajstić information content (AvgIpc) is 2.40. The van der Waals surface area contributed by atoms with E-state index >= 15 is 0 Å². The van der Waals surface area contributed by atoms with E-state index in [1.54, 1.807) is 6.07 Å². The molecule has 104 valence electrons. The summed E-state index contributed by atoms with van der Waals surface area (Å²) in [4.78, 5) is 3.56. The normalized spacial score (nSPS) is 11.8. The highest BCUT2D eigenvalue weighted by atomic mass is 19.4. The van der Waals surface area contributed by atoms with Crippen molar-refractivity contribution in [3.8, 4) is 0 Å². The van der Waals surface area contributed by atoms with Crippen molar-refractivity contribution in [3.63, 3.8) is 0 Å². The fourth-order valence-electron chi connectivity index (χ4n) is 1.38. The molecule has 3 nitrogen and oxygen atoms in total. The Morgan fingerprint density at radius 1 is 1.10 bits per heavy atom. The second kappa shape index (κ2) is 5.68. The molecule has 0 atom stereocenters. The summed E-state index contributed by atoms with van der Waals surface area (Å²) in [6.07, 6.45) is -2.52. The molecule has 0 aliphatic carbocycles. The van der Waals surface area contributed by atoms with Gasteiger partial charge in [-0.15, -0.1) is 0 Å². The molecule has 1 aromatic heterocycles. The molecular formula is C13H9F4N3. The molecule has 0 unspecified atom stereocenters. The van der Waals surface area contributed by atoms with Gasteiger partial charge < -0.3 is 0 Å². The van der Waals surface area contributed by atoms with E-state index in [-0.39, 0.29) is 11.4 Å². The summed E-state index contributed by atoms with van der Waals surface area (Å²) in [6, 6.07) is 7.99. The molecule has 1 N–H and O–H groups in total. The van der Waals surface area contributed by atoms with Crippen molar-refractivity contribution in [1.82, 2.24) is 4.98 Å². The molecule has 0 aliphatic rings. The first-order valence-corrected chi connectivity index (χ1v) is 5.53. The number of pyridine rings is 1. The molecule has 0 aliphatic heterocycles. The largest absolute Gasteiger partial charge is 0.417 e. The Kier molecular flexibility index (Phi) is 3.97. The van der Waals surface area contributed by atoms with Crippen LogP contribution in [-0.2, 0) is 6.18 Å². The lowest BCUT2D eigenvalue weighted by molar-refractivity contribution is -0.137. The predicted octanol–water partition coefficient (Wildman–Crippen LogP) is 3.69. The molecule has 0 amide bonds. The van der Waals surface area contributed by atoms with Crippen LogP contribution in [0.2, 0.25) is 0 Å². The van der Waals surface area contributed by atoms with E-state index in [1.807, 2.05) is 0 Å². The van der Waals surface area contributed by atoms with Crippen molar-refractivity contribution in [2.24, 2.45) is 5.10 Å².